The van der Waals surface area contributed by atoms with Crippen molar-refractivity contribution in [1.82, 2.24) is 0 Å². The number of hydrogen-bond acceptors (Lipinski definition) is 3. The lowest BCUT2D eigenvalue weighted by Gasteiger charge is -2.08. The Balaban J connectivity index is 3.36. The Kier molecular flexibility index (Phi) is 3.46. The zero-order valence-corrected chi connectivity index (χ0v) is 9.57. The number of aryl methyl sites for hydroxylation is 1. The Morgan fingerprint density at radius 2 is 2.00 bits per heavy atom. The molecule has 5 heteroatoms. The van der Waals surface area contributed by atoms with Crippen molar-refractivity contribution in [3.05, 3.63) is 29.1 Å². The van der Waals surface area contributed by atoms with Gasteiger partial charge in [0.1, 0.15) is 5.82 Å². The Morgan fingerprint density at radius 3 is 2.47 bits per heavy atom. The molecule has 1 rings (SSSR count). The van der Waals surface area contributed by atoms with Crippen LogP contribution in [0.25, 0.3) is 0 Å². The van der Waals surface area contributed by atoms with Crippen molar-refractivity contribution in [2.45, 2.75) is 18.2 Å². The highest BCUT2D eigenvalue weighted by atomic mass is 32.2. The highest BCUT2D eigenvalue weighted by Gasteiger charge is 2.14. The van der Waals surface area contributed by atoms with E-state index in [1.807, 2.05) is 0 Å². The normalized spacial score (nSPS) is 11.7. The van der Waals surface area contributed by atoms with Crippen molar-refractivity contribution in [1.29, 1.82) is 0 Å². The maximum Gasteiger partial charge on any atom is 0.175 e. The third kappa shape index (κ3) is 2.76. The van der Waals surface area contributed by atoms with Crippen LogP contribution in [0, 0.1) is 12.7 Å². The summed E-state index contributed by atoms with van der Waals surface area (Å²) in [5.41, 5.74) is 6.09. The maximum atomic E-state index is 13.4. The summed E-state index contributed by atoms with van der Waals surface area (Å²) in [7, 11) is -3.30. The summed E-state index contributed by atoms with van der Waals surface area (Å²) < 4.78 is 36.1. The summed E-state index contributed by atoms with van der Waals surface area (Å²) in [5.74, 6) is -0.398. The van der Waals surface area contributed by atoms with Gasteiger partial charge in [0, 0.05) is 6.26 Å². The molecule has 0 saturated carbocycles. The fourth-order valence-electron chi connectivity index (χ4n) is 1.44. The quantitative estimate of drug-likeness (QED) is 0.791. The summed E-state index contributed by atoms with van der Waals surface area (Å²) in [6.45, 7) is 1.87. The molecule has 0 fully saturated rings. The van der Waals surface area contributed by atoms with Gasteiger partial charge < -0.3 is 5.73 Å². The van der Waals surface area contributed by atoms with Gasteiger partial charge >= 0.3 is 0 Å². The minimum Gasteiger partial charge on any atom is -0.330 e. The molecule has 0 heterocycles. The largest absolute Gasteiger partial charge is 0.330 e. The van der Waals surface area contributed by atoms with Crippen LogP contribution in [0.15, 0.2) is 17.0 Å². The van der Waals surface area contributed by atoms with Crippen molar-refractivity contribution in [3.63, 3.8) is 0 Å². The third-order valence-corrected chi connectivity index (χ3v) is 3.40. The first-order chi connectivity index (χ1) is 6.86. The second-order valence-corrected chi connectivity index (χ2v) is 5.50. The molecule has 0 aliphatic rings. The van der Waals surface area contributed by atoms with Crippen LogP contribution in [-0.2, 0) is 16.3 Å². The molecule has 1 aromatic rings. The van der Waals surface area contributed by atoms with Crippen molar-refractivity contribution in [2.24, 2.45) is 5.73 Å². The summed E-state index contributed by atoms with van der Waals surface area (Å²) in [6, 6.07) is 2.61. The van der Waals surface area contributed by atoms with Crippen LogP contribution in [0.1, 0.15) is 11.1 Å². The zero-order valence-electron chi connectivity index (χ0n) is 8.75. The van der Waals surface area contributed by atoms with Gasteiger partial charge in [-0.15, -0.1) is 0 Å². The van der Waals surface area contributed by atoms with Gasteiger partial charge in [-0.25, -0.2) is 12.8 Å². The van der Waals surface area contributed by atoms with E-state index in [1.165, 1.54) is 12.1 Å². The van der Waals surface area contributed by atoms with Crippen LogP contribution in [0.3, 0.4) is 0 Å². The van der Waals surface area contributed by atoms with Crippen LogP contribution in [0.5, 0.6) is 0 Å². The SMILES string of the molecule is Cc1cc(F)c(CCN)cc1S(C)(=O)=O. The molecule has 0 spiro atoms. The van der Waals surface area contributed by atoms with Gasteiger partial charge in [-0.05, 0) is 43.1 Å². The van der Waals surface area contributed by atoms with E-state index in [1.54, 1.807) is 6.92 Å². The van der Waals surface area contributed by atoms with Crippen molar-refractivity contribution in [3.8, 4) is 0 Å². The van der Waals surface area contributed by atoms with Gasteiger partial charge in [0.05, 0.1) is 4.90 Å². The lowest BCUT2D eigenvalue weighted by Crippen LogP contribution is -2.08. The number of benzene rings is 1. The smallest absolute Gasteiger partial charge is 0.175 e. The fourth-order valence-corrected chi connectivity index (χ4v) is 2.44. The molecular formula is C10H14FNO2S. The standard InChI is InChI=1S/C10H14FNO2S/c1-7-5-9(11)8(3-4-12)6-10(7)15(2,13)14/h5-6H,3-4,12H2,1-2H3. The minimum atomic E-state index is -3.30. The highest BCUT2D eigenvalue weighted by molar-refractivity contribution is 7.90. The molecule has 3 nitrogen and oxygen atoms in total. The molecule has 84 valence electrons. The summed E-state index contributed by atoms with van der Waals surface area (Å²) in [5, 5.41) is 0. The molecule has 2 N–H and O–H groups in total. The summed E-state index contributed by atoms with van der Waals surface area (Å²) >= 11 is 0. The second kappa shape index (κ2) is 4.28. The molecule has 0 aliphatic carbocycles. The van der Waals surface area contributed by atoms with E-state index in [0.29, 0.717) is 24.1 Å². The summed E-state index contributed by atoms with van der Waals surface area (Å²) in [6.07, 6.45) is 1.45. The van der Waals surface area contributed by atoms with Gasteiger partial charge in [-0.1, -0.05) is 0 Å². The molecule has 0 amide bonds. The summed E-state index contributed by atoms with van der Waals surface area (Å²) in [4.78, 5) is 0.173. The number of rotatable bonds is 3. The van der Waals surface area contributed by atoms with Gasteiger partial charge in [0.25, 0.3) is 0 Å². The molecule has 0 bridgehead atoms. The molecule has 0 aliphatic heterocycles. The predicted molar refractivity (Wildman–Crippen MR) is 57.0 cm³/mol. The van der Waals surface area contributed by atoms with E-state index in [9.17, 15) is 12.8 Å². The van der Waals surface area contributed by atoms with E-state index >= 15 is 0 Å². The zero-order chi connectivity index (χ0) is 11.6. The molecule has 0 radical (unpaired) electrons. The van der Waals surface area contributed by atoms with Gasteiger partial charge in [0.15, 0.2) is 9.84 Å². The van der Waals surface area contributed by atoms with E-state index in [-0.39, 0.29) is 4.90 Å². The van der Waals surface area contributed by atoms with Crippen LogP contribution in [0.2, 0.25) is 0 Å². The monoisotopic (exact) mass is 231 g/mol. The Morgan fingerprint density at radius 1 is 1.40 bits per heavy atom. The molecular weight excluding hydrogens is 217 g/mol. The van der Waals surface area contributed by atoms with E-state index in [2.05, 4.69) is 0 Å². The topological polar surface area (TPSA) is 60.2 Å². The van der Waals surface area contributed by atoms with E-state index < -0.39 is 15.7 Å². The second-order valence-electron chi connectivity index (χ2n) is 3.52. The Bertz CT molecular complexity index is 469. The van der Waals surface area contributed by atoms with Crippen LogP contribution in [0.4, 0.5) is 4.39 Å². The van der Waals surface area contributed by atoms with E-state index in [4.69, 9.17) is 5.73 Å². The third-order valence-electron chi connectivity index (χ3n) is 2.16. The predicted octanol–water partition coefficient (Wildman–Crippen LogP) is 1.04. The molecule has 0 unspecified atom stereocenters. The first-order valence-corrected chi connectivity index (χ1v) is 6.44. The number of sulfone groups is 1. The first kappa shape index (κ1) is 12.1. The van der Waals surface area contributed by atoms with Crippen molar-refractivity contribution >= 4 is 9.84 Å². The molecule has 0 saturated heterocycles. The van der Waals surface area contributed by atoms with Crippen LogP contribution >= 0.6 is 0 Å². The highest BCUT2D eigenvalue weighted by Crippen LogP contribution is 2.20. The fraction of sp³-hybridized carbons (Fsp3) is 0.400. The average molecular weight is 231 g/mol. The Hall–Kier alpha value is -0.940. The lowest BCUT2D eigenvalue weighted by atomic mass is 10.1. The number of halogens is 1. The van der Waals surface area contributed by atoms with Crippen LogP contribution in [-0.4, -0.2) is 21.2 Å². The molecule has 15 heavy (non-hydrogen) atoms. The molecule has 0 aromatic heterocycles. The maximum absolute atomic E-state index is 13.4. The van der Waals surface area contributed by atoms with E-state index in [0.717, 1.165) is 6.26 Å². The lowest BCUT2D eigenvalue weighted by molar-refractivity contribution is 0.594. The van der Waals surface area contributed by atoms with Crippen LogP contribution < -0.4 is 5.73 Å². The van der Waals surface area contributed by atoms with Gasteiger partial charge in [0.2, 0.25) is 0 Å². The van der Waals surface area contributed by atoms with Crippen molar-refractivity contribution < 1.29 is 12.8 Å². The van der Waals surface area contributed by atoms with Crippen molar-refractivity contribution in [2.75, 3.05) is 12.8 Å². The minimum absolute atomic E-state index is 0.173. The van der Waals surface area contributed by atoms with Gasteiger partial charge in [-0.2, -0.15) is 0 Å². The molecule has 1 aromatic carbocycles. The van der Waals surface area contributed by atoms with Gasteiger partial charge in [-0.3, -0.25) is 0 Å². The average Bonchev–Trinajstić information content (AvgIpc) is 2.07. The molecule has 0 atom stereocenters. The number of hydrogen-bond donors (Lipinski definition) is 1. The number of nitrogens with two attached hydrogens (primary N) is 1. The Labute approximate surface area is 89.0 Å². The first-order valence-electron chi connectivity index (χ1n) is 4.55.